The number of carbonyl (C=O) groups is 1. The molecule has 0 aliphatic heterocycles. The average Bonchev–Trinajstić information content (AvgIpc) is 2.70. The smallest absolute Gasteiger partial charge is 0.239 e. The SMILES string of the molecule is Cc1ccc(Nc2nc(C)cc(Nc3ccc(NC(=O)CN(C)S(C)(=O)=O)cc3)n2)cc1. The van der Waals surface area contributed by atoms with Gasteiger partial charge in [-0.15, -0.1) is 0 Å². The molecule has 168 valence electrons. The molecule has 3 N–H and O–H groups in total. The van der Waals surface area contributed by atoms with Crippen molar-refractivity contribution in [1.29, 1.82) is 0 Å². The number of benzene rings is 2. The molecule has 10 heteroatoms. The van der Waals surface area contributed by atoms with E-state index in [0.717, 1.165) is 27.6 Å². The lowest BCUT2D eigenvalue weighted by atomic mass is 10.2. The van der Waals surface area contributed by atoms with Gasteiger partial charge in [0.25, 0.3) is 0 Å². The fourth-order valence-electron chi connectivity index (χ4n) is 2.76. The molecule has 3 rings (SSSR count). The fourth-order valence-corrected chi connectivity index (χ4v) is 3.11. The van der Waals surface area contributed by atoms with Gasteiger partial charge in [-0.2, -0.15) is 9.29 Å². The van der Waals surface area contributed by atoms with Gasteiger partial charge in [0, 0.05) is 35.9 Å². The van der Waals surface area contributed by atoms with E-state index in [0.29, 0.717) is 17.5 Å². The summed E-state index contributed by atoms with van der Waals surface area (Å²) in [6.07, 6.45) is 1.05. The maximum absolute atomic E-state index is 12.0. The van der Waals surface area contributed by atoms with E-state index < -0.39 is 15.9 Å². The van der Waals surface area contributed by atoms with Gasteiger partial charge in [-0.3, -0.25) is 4.79 Å². The Morgan fingerprint density at radius 1 is 0.906 bits per heavy atom. The number of sulfonamides is 1. The van der Waals surface area contributed by atoms with Gasteiger partial charge in [0.1, 0.15) is 5.82 Å². The van der Waals surface area contributed by atoms with Crippen LogP contribution in [0.25, 0.3) is 0 Å². The summed E-state index contributed by atoms with van der Waals surface area (Å²) in [6.45, 7) is 3.66. The molecular weight excluding hydrogens is 428 g/mol. The number of aryl methyl sites for hydroxylation is 2. The largest absolute Gasteiger partial charge is 0.340 e. The Labute approximate surface area is 188 Å². The number of hydrogen-bond acceptors (Lipinski definition) is 7. The lowest BCUT2D eigenvalue weighted by Gasteiger charge is -2.14. The maximum atomic E-state index is 12.0. The zero-order valence-corrected chi connectivity index (χ0v) is 19.2. The Balaban J connectivity index is 1.64. The standard InChI is InChI=1S/C22H26N6O3S/c1-15-5-7-19(8-6-15)26-22-23-16(2)13-20(27-22)24-17-9-11-18(12-10-17)25-21(29)14-28(3)32(4,30)31/h5-13H,14H2,1-4H3,(H,25,29)(H2,23,24,26,27). The third-order valence-corrected chi connectivity index (χ3v) is 5.80. The molecule has 9 nitrogen and oxygen atoms in total. The van der Waals surface area contributed by atoms with E-state index in [1.165, 1.54) is 12.6 Å². The van der Waals surface area contributed by atoms with Crippen LogP contribution in [-0.4, -0.2) is 48.4 Å². The number of anilines is 5. The molecule has 1 amide bonds. The highest BCUT2D eigenvalue weighted by Gasteiger charge is 2.15. The maximum Gasteiger partial charge on any atom is 0.239 e. The molecule has 1 aromatic heterocycles. The van der Waals surface area contributed by atoms with E-state index in [4.69, 9.17) is 0 Å². The number of hydrogen-bond donors (Lipinski definition) is 3. The van der Waals surface area contributed by atoms with Gasteiger partial charge < -0.3 is 16.0 Å². The molecule has 0 fully saturated rings. The van der Waals surface area contributed by atoms with Crippen LogP contribution in [0.2, 0.25) is 0 Å². The van der Waals surface area contributed by atoms with Crippen LogP contribution in [-0.2, 0) is 14.8 Å². The van der Waals surface area contributed by atoms with Crippen molar-refractivity contribution in [2.75, 3.05) is 35.8 Å². The molecule has 0 saturated carbocycles. The van der Waals surface area contributed by atoms with Gasteiger partial charge in [-0.05, 0) is 50.2 Å². The minimum atomic E-state index is -3.42. The lowest BCUT2D eigenvalue weighted by molar-refractivity contribution is -0.116. The van der Waals surface area contributed by atoms with Crippen molar-refractivity contribution in [3.05, 3.63) is 65.9 Å². The van der Waals surface area contributed by atoms with Gasteiger partial charge >= 0.3 is 0 Å². The second-order valence-electron chi connectivity index (χ2n) is 7.48. The third kappa shape index (κ3) is 6.76. The van der Waals surface area contributed by atoms with Crippen molar-refractivity contribution in [3.63, 3.8) is 0 Å². The predicted octanol–water partition coefficient (Wildman–Crippen LogP) is 3.41. The topological polar surface area (TPSA) is 116 Å². The molecule has 32 heavy (non-hydrogen) atoms. The van der Waals surface area contributed by atoms with Crippen LogP contribution >= 0.6 is 0 Å². The first kappa shape index (κ1) is 23.2. The predicted molar refractivity (Wildman–Crippen MR) is 127 cm³/mol. The quantitative estimate of drug-likeness (QED) is 0.478. The summed E-state index contributed by atoms with van der Waals surface area (Å²) < 4.78 is 23.8. The summed E-state index contributed by atoms with van der Waals surface area (Å²) in [5.74, 6) is 0.686. The fraction of sp³-hybridized carbons (Fsp3) is 0.227. The Hall–Kier alpha value is -3.50. The van der Waals surface area contributed by atoms with Crippen molar-refractivity contribution >= 4 is 44.8 Å². The van der Waals surface area contributed by atoms with E-state index in [9.17, 15) is 13.2 Å². The van der Waals surface area contributed by atoms with Crippen LogP contribution in [0.15, 0.2) is 54.6 Å². The number of rotatable bonds is 8. The number of carbonyl (C=O) groups excluding carboxylic acids is 1. The first-order valence-corrected chi connectivity index (χ1v) is 11.7. The van der Waals surface area contributed by atoms with Crippen LogP contribution in [0.3, 0.4) is 0 Å². The number of likely N-dealkylation sites (N-methyl/N-ethyl adjacent to an activating group) is 1. The summed E-state index contributed by atoms with van der Waals surface area (Å²) in [5, 5.41) is 9.10. The molecule has 2 aromatic carbocycles. The van der Waals surface area contributed by atoms with Crippen molar-refractivity contribution in [2.45, 2.75) is 13.8 Å². The van der Waals surface area contributed by atoms with E-state index in [2.05, 4.69) is 25.9 Å². The molecule has 0 saturated heterocycles. The van der Waals surface area contributed by atoms with Gasteiger partial charge in [0.05, 0.1) is 12.8 Å². The molecule has 0 aliphatic rings. The average molecular weight is 455 g/mol. The van der Waals surface area contributed by atoms with E-state index >= 15 is 0 Å². The second kappa shape index (κ2) is 9.75. The summed E-state index contributed by atoms with van der Waals surface area (Å²) in [5.41, 5.74) is 4.20. The van der Waals surface area contributed by atoms with Crippen molar-refractivity contribution < 1.29 is 13.2 Å². The zero-order chi connectivity index (χ0) is 23.3. The molecule has 0 radical (unpaired) electrons. The van der Waals surface area contributed by atoms with Gasteiger partial charge in [-0.25, -0.2) is 13.4 Å². The lowest BCUT2D eigenvalue weighted by Crippen LogP contribution is -2.34. The van der Waals surface area contributed by atoms with Gasteiger partial charge in [0.2, 0.25) is 21.9 Å². The molecule has 3 aromatic rings. The van der Waals surface area contributed by atoms with Crippen molar-refractivity contribution in [2.24, 2.45) is 0 Å². The van der Waals surface area contributed by atoms with E-state index in [1.54, 1.807) is 24.3 Å². The zero-order valence-electron chi connectivity index (χ0n) is 18.4. The van der Waals surface area contributed by atoms with Crippen LogP contribution < -0.4 is 16.0 Å². The number of amides is 1. The molecule has 0 spiro atoms. The van der Waals surface area contributed by atoms with Gasteiger partial charge in [-0.1, -0.05) is 17.7 Å². The number of aromatic nitrogens is 2. The van der Waals surface area contributed by atoms with Crippen LogP contribution in [0.5, 0.6) is 0 Å². The highest BCUT2D eigenvalue weighted by Crippen LogP contribution is 2.21. The van der Waals surface area contributed by atoms with Crippen LogP contribution in [0, 0.1) is 13.8 Å². The van der Waals surface area contributed by atoms with Gasteiger partial charge in [0.15, 0.2) is 0 Å². The molecule has 0 unspecified atom stereocenters. The highest BCUT2D eigenvalue weighted by atomic mass is 32.2. The first-order valence-electron chi connectivity index (χ1n) is 9.86. The third-order valence-electron chi connectivity index (χ3n) is 4.54. The summed E-state index contributed by atoms with van der Waals surface area (Å²) in [4.78, 5) is 21.0. The first-order chi connectivity index (χ1) is 15.1. The summed E-state index contributed by atoms with van der Waals surface area (Å²) >= 11 is 0. The Bertz CT molecular complexity index is 1200. The molecule has 1 heterocycles. The van der Waals surface area contributed by atoms with Crippen molar-refractivity contribution in [3.8, 4) is 0 Å². The molecular formula is C22H26N6O3S. The highest BCUT2D eigenvalue weighted by molar-refractivity contribution is 7.88. The molecule has 0 atom stereocenters. The minimum absolute atomic E-state index is 0.254. The monoisotopic (exact) mass is 454 g/mol. The Morgan fingerprint density at radius 2 is 1.47 bits per heavy atom. The molecule has 0 bridgehead atoms. The van der Waals surface area contributed by atoms with E-state index in [1.807, 2.05) is 44.2 Å². The van der Waals surface area contributed by atoms with E-state index in [-0.39, 0.29) is 6.54 Å². The number of nitrogens with zero attached hydrogens (tertiary/aromatic N) is 3. The Kier molecular flexibility index (Phi) is 7.06. The van der Waals surface area contributed by atoms with Crippen LogP contribution in [0.4, 0.5) is 28.8 Å². The second-order valence-corrected chi connectivity index (χ2v) is 9.57. The summed E-state index contributed by atoms with van der Waals surface area (Å²) in [7, 11) is -2.06. The Morgan fingerprint density at radius 3 is 2.09 bits per heavy atom. The van der Waals surface area contributed by atoms with Crippen molar-refractivity contribution in [1.82, 2.24) is 14.3 Å². The van der Waals surface area contributed by atoms with Crippen LogP contribution in [0.1, 0.15) is 11.3 Å². The molecule has 0 aliphatic carbocycles. The summed E-state index contributed by atoms with van der Waals surface area (Å²) in [6, 6.07) is 16.8. The number of nitrogens with one attached hydrogen (secondary N) is 3. The normalized spacial score (nSPS) is 11.3. The minimum Gasteiger partial charge on any atom is -0.340 e.